The number of carbonyl (C=O) groups excluding carboxylic acids is 2. The number of carbonyl (C=O) groups is 2. The van der Waals surface area contributed by atoms with E-state index in [1.807, 2.05) is 0 Å². The monoisotopic (exact) mass is 266 g/mol. The van der Waals surface area contributed by atoms with Gasteiger partial charge in [0.2, 0.25) is 0 Å². The summed E-state index contributed by atoms with van der Waals surface area (Å²) in [6, 6.07) is 9.84. The first-order chi connectivity index (χ1) is 8.19. The van der Waals surface area contributed by atoms with E-state index in [4.69, 9.17) is 16.0 Å². The van der Waals surface area contributed by atoms with Crippen LogP contribution in [0, 0.1) is 0 Å². The lowest BCUT2D eigenvalue weighted by Gasteiger charge is -1.98. The molecule has 1 heterocycles. The van der Waals surface area contributed by atoms with Gasteiger partial charge in [0, 0.05) is 9.92 Å². The maximum absolute atomic E-state index is 11.7. The number of aldehydes is 1. The Morgan fingerprint density at radius 2 is 1.88 bits per heavy atom. The molecule has 0 N–H and O–H groups in total. The van der Waals surface area contributed by atoms with E-state index in [1.165, 1.54) is 12.1 Å². The van der Waals surface area contributed by atoms with Gasteiger partial charge < -0.3 is 4.42 Å². The molecule has 17 heavy (non-hydrogen) atoms. The van der Waals surface area contributed by atoms with Crippen molar-refractivity contribution < 1.29 is 14.0 Å². The molecule has 5 heteroatoms. The average molecular weight is 267 g/mol. The maximum Gasteiger partial charge on any atom is 0.259 e. The summed E-state index contributed by atoms with van der Waals surface area (Å²) in [7, 11) is 0. The third-order valence-corrected chi connectivity index (χ3v) is 3.11. The lowest BCUT2D eigenvalue weighted by molar-refractivity contribution is 0.105. The van der Waals surface area contributed by atoms with Gasteiger partial charge in [0.1, 0.15) is 0 Å². The minimum atomic E-state index is -0.250. The van der Waals surface area contributed by atoms with E-state index in [1.54, 1.807) is 24.3 Å². The second kappa shape index (κ2) is 5.21. The molecular formula is C12H7ClO3S. The first-order valence-corrected chi connectivity index (χ1v) is 5.91. The highest BCUT2D eigenvalue weighted by molar-refractivity contribution is 8.14. The van der Waals surface area contributed by atoms with Crippen LogP contribution in [0.5, 0.6) is 0 Å². The Balaban J connectivity index is 2.11. The van der Waals surface area contributed by atoms with Gasteiger partial charge in [-0.25, -0.2) is 0 Å². The highest BCUT2D eigenvalue weighted by Gasteiger charge is 2.12. The van der Waals surface area contributed by atoms with Gasteiger partial charge in [-0.1, -0.05) is 11.6 Å². The molecule has 0 radical (unpaired) electrons. The minimum absolute atomic E-state index is 0.144. The number of furan rings is 1. The van der Waals surface area contributed by atoms with Gasteiger partial charge >= 0.3 is 0 Å². The van der Waals surface area contributed by atoms with E-state index in [0.717, 1.165) is 16.7 Å². The summed E-state index contributed by atoms with van der Waals surface area (Å²) < 4.78 is 5.03. The van der Waals surface area contributed by atoms with Crippen LogP contribution in [0.1, 0.15) is 21.1 Å². The molecule has 1 aromatic carbocycles. The molecule has 3 nitrogen and oxygen atoms in total. The molecule has 0 aliphatic carbocycles. The van der Waals surface area contributed by atoms with Crippen molar-refractivity contribution in [1.29, 1.82) is 0 Å². The number of hydrogen-bond donors (Lipinski definition) is 0. The normalized spacial score (nSPS) is 10.2. The molecule has 86 valence electrons. The third kappa shape index (κ3) is 2.99. The van der Waals surface area contributed by atoms with E-state index in [9.17, 15) is 9.59 Å². The molecule has 2 aromatic rings. The van der Waals surface area contributed by atoms with Crippen molar-refractivity contribution in [2.75, 3.05) is 0 Å². The molecule has 0 saturated heterocycles. The van der Waals surface area contributed by atoms with Crippen molar-refractivity contribution in [1.82, 2.24) is 0 Å². The van der Waals surface area contributed by atoms with Gasteiger partial charge in [-0.15, -0.1) is 0 Å². The predicted molar refractivity (Wildman–Crippen MR) is 65.7 cm³/mol. The van der Waals surface area contributed by atoms with Gasteiger partial charge in [0.05, 0.1) is 0 Å². The van der Waals surface area contributed by atoms with Crippen molar-refractivity contribution in [3.8, 4) is 0 Å². The van der Waals surface area contributed by atoms with E-state index >= 15 is 0 Å². The highest BCUT2D eigenvalue weighted by atomic mass is 35.5. The average Bonchev–Trinajstić information content (AvgIpc) is 2.81. The summed E-state index contributed by atoms with van der Waals surface area (Å²) >= 11 is 6.76. The topological polar surface area (TPSA) is 47.3 Å². The van der Waals surface area contributed by atoms with Gasteiger partial charge in [-0.2, -0.15) is 0 Å². The molecular weight excluding hydrogens is 260 g/mol. The summed E-state index contributed by atoms with van der Waals surface area (Å²) in [5.74, 6) is 0.303. The Morgan fingerprint density at radius 3 is 2.47 bits per heavy atom. The van der Waals surface area contributed by atoms with Crippen molar-refractivity contribution in [2.24, 2.45) is 0 Å². The molecule has 1 aromatic heterocycles. The van der Waals surface area contributed by atoms with Crippen LogP contribution in [0.4, 0.5) is 0 Å². The molecule has 0 fully saturated rings. The van der Waals surface area contributed by atoms with Crippen LogP contribution in [0.2, 0.25) is 5.02 Å². The molecule has 0 saturated carbocycles. The zero-order chi connectivity index (χ0) is 12.3. The fourth-order valence-corrected chi connectivity index (χ4v) is 2.01. The number of benzene rings is 1. The van der Waals surface area contributed by atoms with Gasteiger partial charge in [0.25, 0.3) is 5.12 Å². The lowest BCUT2D eigenvalue weighted by Crippen LogP contribution is -1.89. The number of thioether (sulfide) groups is 1. The van der Waals surface area contributed by atoms with E-state index < -0.39 is 0 Å². The Labute approximate surface area is 107 Å². The van der Waals surface area contributed by atoms with Crippen molar-refractivity contribution in [3.63, 3.8) is 0 Å². The fraction of sp³-hybridized carbons (Fsp3) is 0. The molecule has 0 aliphatic rings. The summed E-state index contributed by atoms with van der Waals surface area (Å²) in [6.07, 6.45) is 0.559. The summed E-state index contributed by atoms with van der Waals surface area (Å²) in [4.78, 5) is 22.9. The lowest BCUT2D eigenvalue weighted by atomic mass is 10.4. The molecule has 2 rings (SSSR count). The van der Waals surface area contributed by atoms with E-state index in [0.29, 0.717) is 11.3 Å². The molecule has 0 atom stereocenters. The number of rotatable bonds is 3. The van der Waals surface area contributed by atoms with Crippen LogP contribution < -0.4 is 0 Å². The van der Waals surface area contributed by atoms with Gasteiger partial charge in [-0.05, 0) is 48.2 Å². The zero-order valence-electron chi connectivity index (χ0n) is 8.55. The van der Waals surface area contributed by atoms with Gasteiger partial charge in [0.15, 0.2) is 17.8 Å². The first-order valence-electron chi connectivity index (χ1n) is 4.72. The van der Waals surface area contributed by atoms with Crippen LogP contribution in [0.3, 0.4) is 0 Å². The van der Waals surface area contributed by atoms with Crippen molar-refractivity contribution in [3.05, 3.63) is 52.9 Å². The summed E-state index contributed by atoms with van der Waals surface area (Å²) in [5, 5.41) is 0.364. The number of halogens is 1. The van der Waals surface area contributed by atoms with Crippen LogP contribution in [-0.2, 0) is 0 Å². The quantitative estimate of drug-likeness (QED) is 0.628. The largest absolute Gasteiger partial charge is 0.449 e. The predicted octanol–water partition coefficient (Wildman–Crippen LogP) is 3.68. The van der Waals surface area contributed by atoms with Crippen LogP contribution in [0.25, 0.3) is 0 Å². The Bertz CT molecular complexity index is 545. The van der Waals surface area contributed by atoms with Gasteiger partial charge in [-0.3, -0.25) is 9.59 Å². The Hall–Kier alpha value is -1.52. The fourth-order valence-electron chi connectivity index (χ4n) is 1.19. The molecule has 0 unspecified atom stereocenters. The smallest absolute Gasteiger partial charge is 0.259 e. The van der Waals surface area contributed by atoms with Crippen LogP contribution >= 0.6 is 23.4 Å². The molecule has 0 amide bonds. The number of hydrogen-bond acceptors (Lipinski definition) is 4. The maximum atomic E-state index is 11.7. The molecule has 0 spiro atoms. The minimum Gasteiger partial charge on any atom is -0.449 e. The van der Waals surface area contributed by atoms with Crippen LogP contribution in [-0.4, -0.2) is 11.4 Å². The van der Waals surface area contributed by atoms with Crippen molar-refractivity contribution in [2.45, 2.75) is 4.90 Å². The highest BCUT2D eigenvalue weighted by Crippen LogP contribution is 2.24. The second-order valence-electron chi connectivity index (χ2n) is 3.16. The molecule has 0 bridgehead atoms. The molecule has 0 aliphatic heterocycles. The van der Waals surface area contributed by atoms with Crippen molar-refractivity contribution >= 4 is 34.8 Å². The summed E-state index contributed by atoms with van der Waals surface area (Å²) in [6.45, 7) is 0. The SMILES string of the molecule is O=Cc1ccc(C(=O)Sc2ccc(Cl)cc2)o1. The Kier molecular flexibility index (Phi) is 3.66. The van der Waals surface area contributed by atoms with E-state index in [2.05, 4.69) is 0 Å². The summed E-state index contributed by atoms with van der Waals surface area (Å²) in [5.41, 5.74) is 0. The van der Waals surface area contributed by atoms with Crippen LogP contribution in [0.15, 0.2) is 45.7 Å². The standard InChI is InChI=1S/C12H7ClO3S/c13-8-1-4-10(5-2-8)17-12(15)11-6-3-9(7-14)16-11/h1-7H. The third-order valence-electron chi connectivity index (χ3n) is 1.97. The van der Waals surface area contributed by atoms with E-state index in [-0.39, 0.29) is 16.6 Å². The first kappa shape index (κ1) is 12.0. The zero-order valence-corrected chi connectivity index (χ0v) is 10.1. The second-order valence-corrected chi connectivity index (χ2v) is 4.65. The Morgan fingerprint density at radius 1 is 1.18 bits per heavy atom.